The van der Waals surface area contributed by atoms with Gasteiger partial charge in [0.15, 0.2) is 5.89 Å². The van der Waals surface area contributed by atoms with Crippen LogP contribution in [-0.4, -0.2) is 45.5 Å². The number of piperidine rings is 1. The molecule has 30 heavy (non-hydrogen) atoms. The summed E-state index contributed by atoms with van der Waals surface area (Å²) in [6, 6.07) is 9.46. The lowest BCUT2D eigenvalue weighted by Gasteiger charge is -2.31. The number of oxazole rings is 1. The first-order valence-corrected chi connectivity index (χ1v) is 10.00. The Bertz CT molecular complexity index is 1070. The van der Waals surface area contributed by atoms with Crippen LogP contribution in [0.2, 0.25) is 0 Å². The van der Waals surface area contributed by atoms with E-state index in [1.165, 1.54) is 10.8 Å². The number of ether oxygens (including phenoxy) is 1. The fourth-order valence-electron chi connectivity index (χ4n) is 3.79. The Balaban J connectivity index is 1.42. The Morgan fingerprint density at radius 2 is 2.13 bits per heavy atom. The van der Waals surface area contributed by atoms with Crippen molar-refractivity contribution in [3.63, 3.8) is 0 Å². The highest BCUT2D eigenvalue weighted by Crippen LogP contribution is 2.28. The fraction of sp³-hybridized carbons (Fsp3) is 0.364. The fourth-order valence-corrected chi connectivity index (χ4v) is 3.79. The van der Waals surface area contributed by atoms with Crippen LogP contribution in [-0.2, 0) is 17.8 Å². The van der Waals surface area contributed by atoms with Crippen molar-refractivity contribution in [1.82, 2.24) is 19.4 Å². The first-order chi connectivity index (χ1) is 14.6. The van der Waals surface area contributed by atoms with E-state index >= 15 is 0 Å². The zero-order chi connectivity index (χ0) is 20.9. The van der Waals surface area contributed by atoms with Crippen molar-refractivity contribution in [3.05, 3.63) is 76.6 Å². The number of nitrogens with zero attached hydrogens (tertiary/aromatic N) is 4. The molecule has 1 saturated heterocycles. The molecular formula is C22H24N4O4. The van der Waals surface area contributed by atoms with Crippen LogP contribution in [0.15, 0.2) is 58.1 Å². The van der Waals surface area contributed by atoms with Crippen LogP contribution in [0.25, 0.3) is 0 Å². The number of benzene rings is 1. The summed E-state index contributed by atoms with van der Waals surface area (Å²) < 4.78 is 12.7. The van der Waals surface area contributed by atoms with E-state index in [1.807, 2.05) is 24.3 Å². The Kier molecular flexibility index (Phi) is 5.92. The second-order valence-electron chi connectivity index (χ2n) is 7.36. The third kappa shape index (κ3) is 4.42. The molecule has 0 radical (unpaired) electrons. The Morgan fingerprint density at radius 1 is 1.27 bits per heavy atom. The van der Waals surface area contributed by atoms with Crippen LogP contribution in [0.4, 0.5) is 0 Å². The molecule has 1 aliphatic rings. The van der Waals surface area contributed by atoms with Gasteiger partial charge in [-0.05, 0) is 25.0 Å². The molecule has 0 aliphatic carbocycles. The maximum atomic E-state index is 12.7. The van der Waals surface area contributed by atoms with Gasteiger partial charge in [-0.25, -0.2) is 14.8 Å². The van der Waals surface area contributed by atoms with E-state index in [4.69, 9.17) is 9.15 Å². The zero-order valence-electron chi connectivity index (χ0n) is 16.9. The van der Waals surface area contributed by atoms with Crippen LogP contribution < -0.4 is 10.4 Å². The van der Waals surface area contributed by atoms with Crippen molar-refractivity contribution in [2.24, 2.45) is 0 Å². The number of rotatable bonds is 6. The second kappa shape index (κ2) is 8.94. The minimum absolute atomic E-state index is 0.00989. The van der Waals surface area contributed by atoms with Gasteiger partial charge >= 0.3 is 5.69 Å². The number of aromatic nitrogens is 3. The van der Waals surface area contributed by atoms with Gasteiger partial charge < -0.3 is 14.1 Å². The molecule has 4 rings (SSSR count). The van der Waals surface area contributed by atoms with Crippen molar-refractivity contribution >= 4 is 5.91 Å². The summed E-state index contributed by atoms with van der Waals surface area (Å²) >= 11 is 0. The third-order valence-corrected chi connectivity index (χ3v) is 5.34. The second-order valence-corrected chi connectivity index (χ2v) is 7.36. The molecule has 0 saturated carbocycles. The van der Waals surface area contributed by atoms with Gasteiger partial charge in [0, 0.05) is 37.5 Å². The van der Waals surface area contributed by atoms with Crippen molar-refractivity contribution in [1.29, 1.82) is 0 Å². The van der Waals surface area contributed by atoms with E-state index < -0.39 is 5.69 Å². The number of likely N-dealkylation sites (tertiary alicyclic amines) is 1. The molecule has 1 aromatic carbocycles. The maximum absolute atomic E-state index is 12.7. The average Bonchev–Trinajstić information content (AvgIpc) is 3.24. The van der Waals surface area contributed by atoms with Crippen molar-refractivity contribution in [2.75, 3.05) is 20.2 Å². The summed E-state index contributed by atoms with van der Waals surface area (Å²) in [7, 11) is 1.65. The number of carbonyl (C=O) groups excluding carboxylic acids is 1. The molecule has 0 spiro atoms. The van der Waals surface area contributed by atoms with Gasteiger partial charge in [-0.2, -0.15) is 0 Å². The highest BCUT2D eigenvalue weighted by Gasteiger charge is 2.28. The van der Waals surface area contributed by atoms with Gasteiger partial charge in [-0.15, -0.1) is 0 Å². The quantitative estimate of drug-likeness (QED) is 0.621. The predicted octanol–water partition coefficient (Wildman–Crippen LogP) is 2.24. The Hall–Kier alpha value is -3.42. The van der Waals surface area contributed by atoms with Crippen molar-refractivity contribution in [3.8, 4) is 5.75 Å². The summed E-state index contributed by atoms with van der Waals surface area (Å²) in [6.07, 6.45) is 7.11. The third-order valence-electron chi connectivity index (χ3n) is 5.34. The molecular weight excluding hydrogens is 384 g/mol. The number of carbonyl (C=O) groups is 1. The zero-order valence-corrected chi connectivity index (χ0v) is 16.9. The van der Waals surface area contributed by atoms with Crippen LogP contribution in [0.3, 0.4) is 0 Å². The predicted molar refractivity (Wildman–Crippen MR) is 109 cm³/mol. The van der Waals surface area contributed by atoms with E-state index in [1.54, 1.807) is 30.5 Å². The number of para-hydroxylation sites is 1. The van der Waals surface area contributed by atoms with Gasteiger partial charge in [0.25, 0.3) is 0 Å². The standard InChI is InChI=1S/C22H24N4O4/c1-29-19-8-3-2-6-16(19)12-18-13-24-21(30-18)17-7-4-10-25(14-17)20(27)15-26-11-5-9-23-22(26)28/h2-3,5-6,8-9,11,13,17H,4,7,10,12,14-15H2,1H3/t17-/m1/s1. The lowest BCUT2D eigenvalue weighted by atomic mass is 9.98. The molecule has 8 heteroatoms. The number of methoxy groups -OCH3 is 1. The highest BCUT2D eigenvalue weighted by molar-refractivity contribution is 5.76. The molecule has 156 valence electrons. The molecule has 1 amide bonds. The number of hydrogen-bond donors (Lipinski definition) is 0. The smallest absolute Gasteiger partial charge is 0.347 e. The number of hydrogen-bond acceptors (Lipinski definition) is 6. The minimum atomic E-state index is -0.423. The normalized spacial score (nSPS) is 16.4. The molecule has 0 bridgehead atoms. The van der Waals surface area contributed by atoms with Crippen LogP contribution >= 0.6 is 0 Å². The largest absolute Gasteiger partial charge is 0.496 e. The molecule has 0 unspecified atom stereocenters. The van der Waals surface area contributed by atoms with Gasteiger partial charge in [0.1, 0.15) is 18.1 Å². The highest BCUT2D eigenvalue weighted by atomic mass is 16.5. The van der Waals surface area contributed by atoms with Crippen molar-refractivity contribution in [2.45, 2.75) is 31.7 Å². The first-order valence-electron chi connectivity index (χ1n) is 10.00. The molecule has 3 heterocycles. The molecule has 3 aromatic rings. The monoisotopic (exact) mass is 408 g/mol. The van der Waals surface area contributed by atoms with Crippen molar-refractivity contribution < 1.29 is 13.9 Å². The molecule has 8 nitrogen and oxygen atoms in total. The van der Waals surface area contributed by atoms with E-state index in [0.29, 0.717) is 25.4 Å². The van der Waals surface area contributed by atoms with E-state index in [2.05, 4.69) is 9.97 Å². The Labute approximate surface area is 174 Å². The Morgan fingerprint density at radius 3 is 2.97 bits per heavy atom. The van der Waals surface area contributed by atoms with Crippen LogP contribution in [0, 0.1) is 0 Å². The van der Waals surface area contributed by atoms with Crippen LogP contribution in [0.5, 0.6) is 5.75 Å². The summed E-state index contributed by atoms with van der Waals surface area (Å²) in [4.78, 5) is 34.4. The lowest BCUT2D eigenvalue weighted by molar-refractivity contribution is -0.133. The van der Waals surface area contributed by atoms with E-state index in [0.717, 1.165) is 29.9 Å². The number of amides is 1. The van der Waals surface area contributed by atoms with Gasteiger partial charge in [-0.1, -0.05) is 18.2 Å². The van der Waals surface area contributed by atoms with E-state index in [-0.39, 0.29) is 18.4 Å². The minimum Gasteiger partial charge on any atom is -0.496 e. The lowest BCUT2D eigenvalue weighted by Crippen LogP contribution is -2.42. The maximum Gasteiger partial charge on any atom is 0.347 e. The summed E-state index contributed by atoms with van der Waals surface area (Å²) in [5, 5.41) is 0. The molecule has 1 atom stereocenters. The summed E-state index contributed by atoms with van der Waals surface area (Å²) in [5.74, 6) is 2.17. The van der Waals surface area contributed by atoms with Crippen LogP contribution in [0.1, 0.15) is 36.0 Å². The van der Waals surface area contributed by atoms with Gasteiger partial charge in [0.05, 0.1) is 19.2 Å². The molecule has 1 fully saturated rings. The van der Waals surface area contributed by atoms with E-state index in [9.17, 15) is 9.59 Å². The summed E-state index contributed by atoms with van der Waals surface area (Å²) in [6.45, 7) is 1.19. The molecule has 2 aromatic heterocycles. The SMILES string of the molecule is COc1ccccc1Cc1cnc([C@@H]2CCCN(C(=O)Cn3cccnc3=O)C2)o1. The molecule has 1 aliphatic heterocycles. The molecule has 0 N–H and O–H groups in total. The topological polar surface area (TPSA) is 90.5 Å². The average molecular weight is 408 g/mol. The van der Waals surface area contributed by atoms with Gasteiger partial charge in [0.2, 0.25) is 5.91 Å². The van der Waals surface area contributed by atoms with Gasteiger partial charge in [-0.3, -0.25) is 9.36 Å². The first kappa shape index (κ1) is 19.9. The summed E-state index contributed by atoms with van der Waals surface area (Å²) in [5.41, 5.74) is 0.609.